The lowest BCUT2D eigenvalue weighted by Crippen LogP contribution is -2.24. The van der Waals surface area contributed by atoms with Crippen LogP contribution in [0.4, 0.5) is 5.69 Å². The van der Waals surface area contributed by atoms with Gasteiger partial charge in [0.05, 0.1) is 0 Å². The zero-order chi connectivity index (χ0) is 21.7. The van der Waals surface area contributed by atoms with E-state index in [1.54, 1.807) is 35.0 Å². The Kier molecular flexibility index (Phi) is 6.14. The summed E-state index contributed by atoms with van der Waals surface area (Å²) in [4.78, 5) is 25.0. The molecule has 0 spiro atoms. The average Bonchev–Trinajstić information content (AvgIpc) is 2.99. The van der Waals surface area contributed by atoms with Gasteiger partial charge in [0.1, 0.15) is 11.6 Å². The van der Waals surface area contributed by atoms with Crippen molar-refractivity contribution in [3.8, 4) is 6.07 Å². The fourth-order valence-electron chi connectivity index (χ4n) is 3.09. The molecule has 2 aromatic carbocycles. The Morgan fingerprint density at radius 3 is 2.40 bits per heavy atom. The molecule has 0 bridgehead atoms. The topological polar surface area (TPSA) is 86.9 Å². The predicted octanol–water partition coefficient (Wildman–Crippen LogP) is 4.34. The van der Waals surface area contributed by atoms with Crippen LogP contribution in [0.1, 0.15) is 32.9 Å². The van der Waals surface area contributed by atoms with Gasteiger partial charge in [0.2, 0.25) is 0 Å². The molecule has 0 fully saturated rings. The zero-order valence-corrected chi connectivity index (χ0v) is 17.1. The molecule has 3 aromatic rings. The Labute approximate surface area is 175 Å². The molecule has 0 aliphatic heterocycles. The van der Waals surface area contributed by atoms with Gasteiger partial charge in [-0.25, -0.2) is 0 Å². The van der Waals surface area contributed by atoms with E-state index < -0.39 is 5.91 Å². The number of carbonyl (C=O) groups excluding carboxylic acids is 2. The molecule has 0 saturated heterocycles. The third-order valence-corrected chi connectivity index (χ3v) is 4.66. The van der Waals surface area contributed by atoms with E-state index in [1.807, 2.05) is 57.2 Å². The number of nitrogens with zero attached hydrogens (tertiary/aromatic N) is 2. The lowest BCUT2D eigenvalue weighted by Gasteiger charge is -2.11. The maximum atomic E-state index is 12.5. The second-order valence-corrected chi connectivity index (χ2v) is 6.96. The van der Waals surface area contributed by atoms with Crippen molar-refractivity contribution in [3.05, 3.63) is 94.3 Å². The van der Waals surface area contributed by atoms with Crippen LogP contribution in [0.5, 0.6) is 0 Å². The first-order chi connectivity index (χ1) is 14.4. The lowest BCUT2D eigenvalue weighted by atomic mass is 10.1. The number of benzene rings is 2. The van der Waals surface area contributed by atoms with Crippen LogP contribution >= 0.6 is 0 Å². The second-order valence-electron chi connectivity index (χ2n) is 6.96. The molecule has 0 atom stereocenters. The number of amides is 2. The number of hydrogen-bond donors (Lipinski definition) is 2. The fraction of sp³-hybridized carbons (Fsp3) is 0.125. The van der Waals surface area contributed by atoms with E-state index in [0.717, 1.165) is 11.3 Å². The molecule has 0 saturated carbocycles. The second kappa shape index (κ2) is 8.93. The van der Waals surface area contributed by atoms with Crippen molar-refractivity contribution >= 4 is 23.6 Å². The first kappa shape index (κ1) is 20.6. The Morgan fingerprint density at radius 1 is 1.00 bits per heavy atom. The number of hydrogen-bond acceptors (Lipinski definition) is 3. The molecule has 6 heteroatoms. The highest BCUT2D eigenvalue weighted by Gasteiger charge is 2.15. The van der Waals surface area contributed by atoms with Gasteiger partial charge in [-0.2, -0.15) is 5.26 Å². The molecule has 3 rings (SSSR count). The summed E-state index contributed by atoms with van der Waals surface area (Å²) in [5.41, 5.74) is 7.17. The van der Waals surface area contributed by atoms with Gasteiger partial charge in [0, 0.05) is 22.6 Å². The molecule has 1 aromatic heterocycles. The van der Waals surface area contributed by atoms with Gasteiger partial charge >= 0.3 is 0 Å². The number of aromatic nitrogens is 1. The molecule has 2 amide bonds. The summed E-state index contributed by atoms with van der Waals surface area (Å²) in [5, 5.41) is 12.2. The third-order valence-electron chi connectivity index (χ3n) is 4.66. The van der Waals surface area contributed by atoms with Gasteiger partial charge in [-0.15, -0.1) is 0 Å². The summed E-state index contributed by atoms with van der Waals surface area (Å²) >= 11 is 0. The Hall–Kier alpha value is -4.11. The molecular weight excluding hydrogens is 376 g/mol. The van der Waals surface area contributed by atoms with Crippen LogP contribution in [-0.4, -0.2) is 16.5 Å². The summed E-state index contributed by atoms with van der Waals surface area (Å²) in [6.45, 7) is 5.58. The van der Waals surface area contributed by atoms with Crippen molar-refractivity contribution in [2.24, 2.45) is 0 Å². The molecule has 6 nitrogen and oxygen atoms in total. The highest BCUT2D eigenvalue weighted by molar-refractivity contribution is 6.09. The molecule has 150 valence electrons. The number of nitriles is 1. The SMILES string of the molecule is Cc1cccc(NC(=O)/C(C#N)=C\c2cc(C)n(NC(=O)c3ccccc3)c2C)c1. The number of rotatable bonds is 5. The molecule has 1 heterocycles. The molecule has 0 unspecified atom stereocenters. The number of carbonyl (C=O) groups is 2. The summed E-state index contributed by atoms with van der Waals surface area (Å²) in [6.07, 6.45) is 1.53. The molecular formula is C24H22N4O2. The van der Waals surface area contributed by atoms with Crippen molar-refractivity contribution in [2.75, 3.05) is 10.7 Å². The largest absolute Gasteiger partial charge is 0.321 e. The van der Waals surface area contributed by atoms with E-state index in [-0.39, 0.29) is 11.5 Å². The van der Waals surface area contributed by atoms with Crippen molar-refractivity contribution in [3.63, 3.8) is 0 Å². The Balaban J connectivity index is 1.83. The normalized spacial score (nSPS) is 10.9. The summed E-state index contributed by atoms with van der Waals surface area (Å²) < 4.78 is 1.65. The minimum absolute atomic E-state index is 0.0221. The zero-order valence-electron chi connectivity index (χ0n) is 17.1. The van der Waals surface area contributed by atoms with E-state index >= 15 is 0 Å². The molecule has 0 aliphatic carbocycles. The van der Waals surface area contributed by atoms with Crippen molar-refractivity contribution in [2.45, 2.75) is 20.8 Å². The number of aryl methyl sites for hydroxylation is 2. The summed E-state index contributed by atoms with van der Waals surface area (Å²) in [7, 11) is 0. The lowest BCUT2D eigenvalue weighted by molar-refractivity contribution is -0.112. The van der Waals surface area contributed by atoms with Crippen LogP contribution in [0.15, 0.2) is 66.2 Å². The molecule has 0 aliphatic rings. The number of nitrogens with one attached hydrogen (secondary N) is 2. The minimum atomic E-state index is -0.485. The standard InChI is InChI=1S/C24H22N4O2/c1-16-8-7-11-22(12-16)26-23(29)21(15-25)14-20-13-17(2)28(18(20)3)27-24(30)19-9-5-4-6-10-19/h4-14H,1-3H3,(H,26,29)(H,27,30)/b21-14-. The van der Waals surface area contributed by atoms with E-state index in [1.165, 1.54) is 6.08 Å². The van der Waals surface area contributed by atoms with Gasteiger partial charge in [-0.05, 0) is 68.3 Å². The maximum Gasteiger partial charge on any atom is 0.270 e. The van der Waals surface area contributed by atoms with E-state index in [0.29, 0.717) is 22.5 Å². The van der Waals surface area contributed by atoms with Gasteiger partial charge in [0.25, 0.3) is 11.8 Å². The van der Waals surface area contributed by atoms with E-state index in [2.05, 4.69) is 10.7 Å². The van der Waals surface area contributed by atoms with Crippen LogP contribution in [0.2, 0.25) is 0 Å². The van der Waals surface area contributed by atoms with Gasteiger partial charge in [-0.1, -0.05) is 30.3 Å². The smallest absolute Gasteiger partial charge is 0.270 e. The van der Waals surface area contributed by atoms with Crippen LogP contribution in [0.3, 0.4) is 0 Å². The monoisotopic (exact) mass is 398 g/mol. The minimum Gasteiger partial charge on any atom is -0.321 e. The van der Waals surface area contributed by atoms with Gasteiger partial charge < -0.3 is 5.32 Å². The Morgan fingerprint density at radius 2 is 1.73 bits per heavy atom. The van der Waals surface area contributed by atoms with Crippen LogP contribution in [0.25, 0.3) is 6.08 Å². The summed E-state index contributed by atoms with van der Waals surface area (Å²) in [6, 6.07) is 20.0. The third kappa shape index (κ3) is 4.65. The maximum absolute atomic E-state index is 12.5. The van der Waals surface area contributed by atoms with Crippen molar-refractivity contribution < 1.29 is 9.59 Å². The first-order valence-corrected chi connectivity index (χ1v) is 9.44. The van der Waals surface area contributed by atoms with Crippen LogP contribution in [0, 0.1) is 32.1 Å². The predicted molar refractivity (Wildman–Crippen MR) is 117 cm³/mol. The highest BCUT2D eigenvalue weighted by Crippen LogP contribution is 2.19. The van der Waals surface area contributed by atoms with Crippen molar-refractivity contribution in [1.82, 2.24) is 4.68 Å². The van der Waals surface area contributed by atoms with Crippen molar-refractivity contribution in [1.29, 1.82) is 5.26 Å². The summed E-state index contributed by atoms with van der Waals surface area (Å²) in [5.74, 6) is -0.730. The van der Waals surface area contributed by atoms with Gasteiger partial charge in [0.15, 0.2) is 0 Å². The quantitative estimate of drug-likeness (QED) is 0.495. The van der Waals surface area contributed by atoms with E-state index in [9.17, 15) is 14.9 Å². The molecule has 30 heavy (non-hydrogen) atoms. The fourth-order valence-corrected chi connectivity index (χ4v) is 3.09. The number of anilines is 1. The van der Waals surface area contributed by atoms with Crippen LogP contribution < -0.4 is 10.7 Å². The first-order valence-electron chi connectivity index (χ1n) is 9.44. The Bertz CT molecular complexity index is 1170. The highest BCUT2D eigenvalue weighted by atomic mass is 16.2. The molecule has 2 N–H and O–H groups in total. The van der Waals surface area contributed by atoms with E-state index in [4.69, 9.17) is 0 Å². The average molecular weight is 398 g/mol. The molecule has 0 radical (unpaired) electrons. The van der Waals surface area contributed by atoms with Gasteiger partial charge in [-0.3, -0.25) is 19.7 Å². The van der Waals surface area contributed by atoms with Crippen LogP contribution in [-0.2, 0) is 4.79 Å².